The maximum Gasteiger partial charge on any atom is 0.330 e. The first-order chi connectivity index (χ1) is 12.8. The Morgan fingerprint density at radius 2 is 1.74 bits per heavy atom. The molecule has 0 aliphatic heterocycles. The predicted octanol–water partition coefficient (Wildman–Crippen LogP) is 1.90. The van der Waals surface area contributed by atoms with Crippen LogP contribution in [0, 0.1) is 13.8 Å². The van der Waals surface area contributed by atoms with Crippen LogP contribution in [0.1, 0.15) is 22.7 Å². The second-order valence-corrected chi connectivity index (χ2v) is 6.60. The van der Waals surface area contributed by atoms with Gasteiger partial charge in [0.1, 0.15) is 6.54 Å². The van der Waals surface area contributed by atoms with Gasteiger partial charge in [0.05, 0.1) is 11.0 Å². The molecule has 2 N–H and O–H groups in total. The Labute approximate surface area is 155 Å². The molecule has 1 amide bonds. The SMILES string of the molecule is Cc1ccc(C(NC(=O)Cn2c(=O)n(C)c3ccccc32)C(=O)O)cc1C. The highest BCUT2D eigenvalue weighted by Crippen LogP contribution is 2.18. The molecule has 3 aromatic rings. The van der Waals surface area contributed by atoms with Gasteiger partial charge in [-0.3, -0.25) is 13.9 Å². The lowest BCUT2D eigenvalue weighted by Gasteiger charge is -2.16. The van der Waals surface area contributed by atoms with E-state index >= 15 is 0 Å². The summed E-state index contributed by atoms with van der Waals surface area (Å²) in [7, 11) is 1.63. The van der Waals surface area contributed by atoms with Gasteiger partial charge in [-0.05, 0) is 42.7 Å². The molecule has 0 radical (unpaired) electrons. The molecule has 0 saturated carbocycles. The number of carboxylic acids is 1. The van der Waals surface area contributed by atoms with E-state index in [1.807, 2.05) is 26.0 Å². The number of fused-ring (bicyclic) bond motifs is 1. The van der Waals surface area contributed by atoms with Crippen LogP contribution < -0.4 is 11.0 Å². The molecule has 140 valence electrons. The van der Waals surface area contributed by atoms with Crippen molar-refractivity contribution >= 4 is 22.9 Å². The highest BCUT2D eigenvalue weighted by molar-refractivity contribution is 5.86. The number of rotatable bonds is 5. The smallest absolute Gasteiger partial charge is 0.330 e. The predicted molar refractivity (Wildman–Crippen MR) is 102 cm³/mol. The van der Waals surface area contributed by atoms with Gasteiger partial charge in [-0.2, -0.15) is 0 Å². The van der Waals surface area contributed by atoms with E-state index in [9.17, 15) is 19.5 Å². The zero-order chi connectivity index (χ0) is 19.7. The van der Waals surface area contributed by atoms with E-state index in [4.69, 9.17) is 0 Å². The van der Waals surface area contributed by atoms with Crippen molar-refractivity contribution in [1.29, 1.82) is 0 Å². The maximum absolute atomic E-state index is 12.5. The third kappa shape index (κ3) is 3.48. The van der Waals surface area contributed by atoms with Crippen LogP contribution in [-0.2, 0) is 23.2 Å². The zero-order valence-corrected chi connectivity index (χ0v) is 15.4. The quantitative estimate of drug-likeness (QED) is 0.720. The average Bonchev–Trinajstić information content (AvgIpc) is 2.87. The van der Waals surface area contributed by atoms with Crippen LogP contribution in [0.15, 0.2) is 47.3 Å². The highest BCUT2D eigenvalue weighted by Gasteiger charge is 2.23. The van der Waals surface area contributed by atoms with Gasteiger partial charge in [-0.1, -0.05) is 30.3 Å². The number of aliphatic carboxylic acids is 1. The number of para-hydroxylation sites is 2. The number of nitrogens with zero attached hydrogens (tertiary/aromatic N) is 2. The van der Waals surface area contributed by atoms with Crippen molar-refractivity contribution in [2.24, 2.45) is 7.05 Å². The summed E-state index contributed by atoms with van der Waals surface area (Å²) in [6, 6.07) is 11.2. The molecular weight excluding hydrogens is 346 g/mol. The van der Waals surface area contributed by atoms with Crippen molar-refractivity contribution in [2.75, 3.05) is 0 Å². The molecule has 0 spiro atoms. The molecule has 0 aliphatic rings. The molecule has 1 unspecified atom stereocenters. The number of hydrogen-bond acceptors (Lipinski definition) is 3. The van der Waals surface area contributed by atoms with Gasteiger partial charge in [0.2, 0.25) is 5.91 Å². The van der Waals surface area contributed by atoms with E-state index in [-0.39, 0.29) is 12.2 Å². The van der Waals surface area contributed by atoms with E-state index in [1.165, 1.54) is 9.13 Å². The Balaban J connectivity index is 1.88. The van der Waals surface area contributed by atoms with Crippen molar-refractivity contribution in [3.63, 3.8) is 0 Å². The molecule has 7 heteroatoms. The van der Waals surface area contributed by atoms with Crippen molar-refractivity contribution in [2.45, 2.75) is 26.4 Å². The number of aromatic nitrogens is 2. The Hall–Kier alpha value is -3.35. The van der Waals surface area contributed by atoms with Gasteiger partial charge in [0.25, 0.3) is 0 Å². The number of hydrogen-bond donors (Lipinski definition) is 2. The fourth-order valence-corrected chi connectivity index (χ4v) is 3.10. The van der Waals surface area contributed by atoms with Crippen molar-refractivity contribution in [3.8, 4) is 0 Å². The molecule has 7 nitrogen and oxygen atoms in total. The number of carbonyl (C=O) groups excluding carboxylic acids is 1. The lowest BCUT2D eigenvalue weighted by molar-refractivity contribution is -0.142. The summed E-state index contributed by atoms with van der Waals surface area (Å²) in [4.78, 5) is 36.6. The van der Waals surface area contributed by atoms with Crippen molar-refractivity contribution in [1.82, 2.24) is 14.5 Å². The first-order valence-corrected chi connectivity index (χ1v) is 8.53. The summed E-state index contributed by atoms with van der Waals surface area (Å²) in [5.74, 6) is -1.70. The molecule has 1 aromatic heterocycles. The van der Waals surface area contributed by atoms with Crippen molar-refractivity contribution in [3.05, 3.63) is 69.6 Å². The number of imidazole rings is 1. The van der Waals surface area contributed by atoms with E-state index in [0.29, 0.717) is 16.6 Å². The molecule has 2 aromatic carbocycles. The average molecular weight is 367 g/mol. The molecule has 27 heavy (non-hydrogen) atoms. The normalized spacial score (nSPS) is 12.1. The summed E-state index contributed by atoms with van der Waals surface area (Å²) in [5.41, 5.74) is 3.47. The molecule has 0 aliphatic carbocycles. The van der Waals surface area contributed by atoms with E-state index < -0.39 is 17.9 Å². The molecule has 0 saturated heterocycles. The first-order valence-electron chi connectivity index (χ1n) is 8.53. The van der Waals surface area contributed by atoms with Gasteiger partial charge in [0, 0.05) is 7.05 Å². The molecule has 3 rings (SSSR count). The molecule has 0 bridgehead atoms. The highest BCUT2D eigenvalue weighted by atomic mass is 16.4. The number of aryl methyl sites for hydroxylation is 3. The lowest BCUT2D eigenvalue weighted by Crippen LogP contribution is -2.38. The molecular formula is C20H21N3O4. The fraction of sp³-hybridized carbons (Fsp3) is 0.250. The molecule has 1 atom stereocenters. The summed E-state index contributed by atoms with van der Waals surface area (Å²) in [5, 5.41) is 12.1. The van der Waals surface area contributed by atoms with Gasteiger partial charge in [0.15, 0.2) is 6.04 Å². The van der Waals surface area contributed by atoms with Crippen LogP contribution >= 0.6 is 0 Å². The second kappa shape index (κ2) is 7.11. The number of carboxylic acid groups (broad SMARTS) is 1. The Morgan fingerprint density at radius 1 is 1.07 bits per heavy atom. The van der Waals surface area contributed by atoms with E-state index in [0.717, 1.165) is 11.1 Å². The Morgan fingerprint density at radius 3 is 2.37 bits per heavy atom. The number of nitrogens with one attached hydrogen (secondary N) is 1. The van der Waals surface area contributed by atoms with Crippen LogP contribution in [0.4, 0.5) is 0 Å². The topological polar surface area (TPSA) is 93.3 Å². The monoisotopic (exact) mass is 367 g/mol. The van der Waals surface area contributed by atoms with Gasteiger partial charge in [-0.25, -0.2) is 9.59 Å². The molecule has 1 heterocycles. The Kier molecular flexibility index (Phi) is 4.85. The number of amides is 1. The number of carbonyl (C=O) groups is 2. The Bertz CT molecular complexity index is 1090. The third-order valence-corrected chi connectivity index (χ3v) is 4.77. The van der Waals surface area contributed by atoms with E-state index in [1.54, 1.807) is 37.4 Å². The third-order valence-electron chi connectivity index (χ3n) is 4.77. The largest absolute Gasteiger partial charge is 0.479 e. The van der Waals surface area contributed by atoms with Crippen LogP contribution in [0.3, 0.4) is 0 Å². The minimum absolute atomic E-state index is 0.255. The first kappa shape index (κ1) is 18.4. The second-order valence-electron chi connectivity index (χ2n) is 6.60. The fourth-order valence-electron chi connectivity index (χ4n) is 3.10. The minimum Gasteiger partial charge on any atom is -0.479 e. The van der Waals surface area contributed by atoms with Crippen molar-refractivity contribution < 1.29 is 14.7 Å². The van der Waals surface area contributed by atoms with Gasteiger partial charge in [-0.15, -0.1) is 0 Å². The summed E-state index contributed by atoms with van der Waals surface area (Å²) >= 11 is 0. The van der Waals surface area contributed by atoms with Crippen LogP contribution in [0.2, 0.25) is 0 Å². The van der Waals surface area contributed by atoms with Gasteiger partial charge < -0.3 is 10.4 Å². The van der Waals surface area contributed by atoms with Crippen LogP contribution in [0.25, 0.3) is 11.0 Å². The number of benzene rings is 2. The lowest BCUT2D eigenvalue weighted by atomic mass is 10.0. The summed E-state index contributed by atoms with van der Waals surface area (Å²) < 4.78 is 2.80. The summed E-state index contributed by atoms with van der Waals surface area (Å²) in [6.07, 6.45) is 0. The summed E-state index contributed by atoms with van der Waals surface area (Å²) in [6.45, 7) is 3.56. The minimum atomic E-state index is -1.18. The zero-order valence-electron chi connectivity index (χ0n) is 15.4. The van der Waals surface area contributed by atoms with E-state index in [2.05, 4.69) is 5.32 Å². The maximum atomic E-state index is 12.5. The standard InChI is InChI=1S/C20H21N3O4/c1-12-8-9-14(10-13(12)2)18(19(25)26)21-17(24)11-23-16-7-5-4-6-15(16)22(3)20(23)27/h4-10,18H,11H2,1-3H3,(H,21,24)(H,25,26). The van der Waals surface area contributed by atoms with Gasteiger partial charge >= 0.3 is 11.7 Å². The van der Waals surface area contributed by atoms with Crippen LogP contribution in [0.5, 0.6) is 0 Å². The molecule has 0 fully saturated rings. The van der Waals surface area contributed by atoms with Crippen LogP contribution in [-0.4, -0.2) is 26.1 Å².